The molecule has 1 aromatic rings. The molecule has 0 radical (unpaired) electrons. The number of nitrogens with zero attached hydrogens (tertiary/aromatic N) is 2. The van der Waals surface area contributed by atoms with E-state index in [1.165, 1.54) is 12.0 Å². The number of carbonyl (C=O) groups excluding carboxylic acids is 4. The van der Waals surface area contributed by atoms with E-state index in [1.54, 1.807) is 29.2 Å². The van der Waals surface area contributed by atoms with Crippen LogP contribution in [0.15, 0.2) is 24.3 Å². The summed E-state index contributed by atoms with van der Waals surface area (Å²) in [6.07, 6.45) is -0.185. The Morgan fingerprint density at radius 3 is 2.50 bits per heavy atom. The maximum absolute atomic E-state index is 12.8. The summed E-state index contributed by atoms with van der Waals surface area (Å²) in [5, 5.41) is 22.0. The molecule has 174 valence electrons. The van der Waals surface area contributed by atoms with Crippen molar-refractivity contribution in [1.29, 1.82) is 0 Å². The first-order chi connectivity index (χ1) is 15.3. The van der Waals surface area contributed by atoms with Crippen LogP contribution < -0.4 is 15.5 Å². The Hall–Kier alpha value is -3.51. The van der Waals surface area contributed by atoms with Crippen LogP contribution in [0.5, 0.6) is 0 Å². The molecule has 0 aliphatic carbocycles. The highest BCUT2D eigenvalue weighted by molar-refractivity contribution is 6.12. The van der Waals surface area contributed by atoms with Gasteiger partial charge in [-0.1, -0.05) is 0 Å². The minimum atomic E-state index is -0.723. The lowest BCUT2D eigenvalue weighted by atomic mass is 10.0. The Kier molecular flexibility index (Phi) is 9.10. The average molecular weight is 450 g/mol. The molecule has 4 N–H and O–H groups in total. The highest BCUT2D eigenvalue weighted by Gasteiger charge is 2.32. The zero-order valence-corrected chi connectivity index (χ0v) is 17.5. The van der Waals surface area contributed by atoms with Gasteiger partial charge in [0.25, 0.3) is 12.4 Å². The summed E-state index contributed by atoms with van der Waals surface area (Å²) >= 11 is 0. The highest BCUT2D eigenvalue weighted by Crippen LogP contribution is 2.20. The van der Waals surface area contributed by atoms with Crippen LogP contribution in [0.4, 0.5) is 10.5 Å². The number of piperidine rings is 1. The summed E-state index contributed by atoms with van der Waals surface area (Å²) in [6, 6.07) is 5.35. The maximum Gasteiger partial charge on any atom is 0.329 e. The SMILES string of the molecule is COCCC(=O)N[C@@H]1CN(C(=O)c2ccc(N3CC(=O)NC3=O)cc2)CC[C@@H]1O.O=CO. The molecule has 0 saturated carbocycles. The number of hydrogen-bond donors (Lipinski definition) is 4. The van der Waals surface area contributed by atoms with Gasteiger partial charge in [-0.05, 0) is 30.7 Å². The number of rotatable bonds is 6. The van der Waals surface area contributed by atoms with Crippen molar-refractivity contribution in [3.8, 4) is 0 Å². The van der Waals surface area contributed by atoms with Crippen LogP contribution in [0.1, 0.15) is 23.2 Å². The molecule has 1 aromatic carbocycles. The number of carboxylic acid groups (broad SMARTS) is 1. The predicted molar refractivity (Wildman–Crippen MR) is 111 cm³/mol. The molecule has 0 spiro atoms. The minimum absolute atomic E-state index is 0.0550. The quantitative estimate of drug-likeness (QED) is 0.322. The lowest BCUT2D eigenvalue weighted by molar-refractivity contribution is -0.124. The lowest BCUT2D eigenvalue weighted by Crippen LogP contribution is -2.56. The number of hydrogen-bond acceptors (Lipinski definition) is 7. The van der Waals surface area contributed by atoms with Gasteiger partial charge in [-0.25, -0.2) is 4.79 Å². The number of aliphatic hydroxyl groups is 1. The number of ether oxygens (including phenoxy) is 1. The molecule has 3 rings (SSSR count). The predicted octanol–water partition coefficient (Wildman–Crippen LogP) is -0.828. The Morgan fingerprint density at radius 2 is 1.94 bits per heavy atom. The molecule has 2 fully saturated rings. The fourth-order valence-corrected chi connectivity index (χ4v) is 3.36. The molecular weight excluding hydrogens is 424 g/mol. The summed E-state index contributed by atoms with van der Waals surface area (Å²) in [4.78, 5) is 59.0. The molecule has 12 heteroatoms. The van der Waals surface area contributed by atoms with Crippen molar-refractivity contribution >= 4 is 35.9 Å². The molecular formula is C20H26N4O8. The van der Waals surface area contributed by atoms with Gasteiger partial charge in [0.05, 0.1) is 18.8 Å². The second-order valence-electron chi connectivity index (χ2n) is 7.12. The van der Waals surface area contributed by atoms with Crippen LogP contribution >= 0.6 is 0 Å². The Morgan fingerprint density at radius 1 is 1.28 bits per heavy atom. The zero-order valence-electron chi connectivity index (χ0n) is 17.5. The van der Waals surface area contributed by atoms with E-state index in [1.807, 2.05) is 0 Å². The first-order valence-corrected chi connectivity index (χ1v) is 9.85. The van der Waals surface area contributed by atoms with Crippen LogP contribution in [0.3, 0.4) is 0 Å². The van der Waals surface area contributed by atoms with Gasteiger partial charge in [0.1, 0.15) is 6.54 Å². The number of imide groups is 1. The number of carbonyl (C=O) groups is 5. The topological polar surface area (TPSA) is 166 Å². The molecule has 0 aromatic heterocycles. The van der Waals surface area contributed by atoms with Crippen molar-refractivity contribution < 1.29 is 38.9 Å². The van der Waals surface area contributed by atoms with Gasteiger partial charge >= 0.3 is 6.03 Å². The van der Waals surface area contributed by atoms with E-state index in [-0.39, 0.29) is 50.3 Å². The Labute approximate surface area is 184 Å². The Balaban J connectivity index is 0.00000114. The summed E-state index contributed by atoms with van der Waals surface area (Å²) in [5.74, 6) is -0.852. The number of urea groups is 1. The van der Waals surface area contributed by atoms with Crippen molar-refractivity contribution in [3.63, 3.8) is 0 Å². The van der Waals surface area contributed by atoms with Crippen molar-refractivity contribution in [2.45, 2.75) is 25.0 Å². The van der Waals surface area contributed by atoms with E-state index in [2.05, 4.69) is 10.6 Å². The minimum Gasteiger partial charge on any atom is -0.483 e. The third-order valence-corrected chi connectivity index (χ3v) is 4.96. The van der Waals surface area contributed by atoms with Gasteiger partial charge in [-0.2, -0.15) is 0 Å². The van der Waals surface area contributed by atoms with E-state index in [0.29, 0.717) is 24.2 Å². The third kappa shape index (κ3) is 6.49. The van der Waals surface area contributed by atoms with Gasteiger partial charge < -0.3 is 25.2 Å². The molecule has 0 unspecified atom stereocenters. The first-order valence-electron chi connectivity index (χ1n) is 9.85. The van der Waals surface area contributed by atoms with Gasteiger partial charge in [-0.15, -0.1) is 0 Å². The molecule has 0 bridgehead atoms. The number of nitrogens with one attached hydrogen (secondary N) is 2. The molecule has 5 amide bonds. The smallest absolute Gasteiger partial charge is 0.329 e. The zero-order chi connectivity index (χ0) is 23.7. The maximum atomic E-state index is 12.8. The molecule has 2 heterocycles. The molecule has 32 heavy (non-hydrogen) atoms. The summed E-state index contributed by atoms with van der Waals surface area (Å²) in [7, 11) is 1.50. The van der Waals surface area contributed by atoms with E-state index in [9.17, 15) is 24.3 Å². The monoisotopic (exact) mass is 450 g/mol. The molecule has 2 saturated heterocycles. The van der Waals surface area contributed by atoms with E-state index in [4.69, 9.17) is 14.6 Å². The Bertz CT molecular complexity index is 845. The van der Waals surface area contributed by atoms with Gasteiger partial charge in [0.15, 0.2) is 0 Å². The van der Waals surface area contributed by atoms with Crippen LogP contribution in [0, 0.1) is 0 Å². The van der Waals surface area contributed by atoms with Crippen LogP contribution in [-0.4, -0.2) is 90.8 Å². The fourth-order valence-electron chi connectivity index (χ4n) is 3.36. The average Bonchev–Trinajstić information content (AvgIpc) is 3.12. The van der Waals surface area contributed by atoms with E-state index in [0.717, 1.165) is 0 Å². The fraction of sp³-hybridized carbons (Fsp3) is 0.450. The number of amides is 5. The normalized spacial score (nSPS) is 20.2. The number of aliphatic hydroxyl groups excluding tert-OH is 1. The van der Waals surface area contributed by atoms with Crippen molar-refractivity contribution in [1.82, 2.24) is 15.5 Å². The lowest BCUT2D eigenvalue weighted by Gasteiger charge is -2.36. The van der Waals surface area contributed by atoms with Crippen LogP contribution in [0.2, 0.25) is 0 Å². The third-order valence-electron chi connectivity index (χ3n) is 4.96. The second kappa shape index (κ2) is 11.8. The summed E-state index contributed by atoms with van der Waals surface area (Å²) < 4.78 is 4.87. The second-order valence-corrected chi connectivity index (χ2v) is 7.12. The number of methoxy groups -OCH3 is 1. The summed E-state index contributed by atoms with van der Waals surface area (Å²) in [5.41, 5.74) is 0.933. The van der Waals surface area contributed by atoms with E-state index >= 15 is 0 Å². The van der Waals surface area contributed by atoms with Crippen molar-refractivity contribution in [2.24, 2.45) is 0 Å². The largest absolute Gasteiger partial charge is 0.483 e. The van der Waals surface area contributed by atoms with Crippen LogP contribution in [0.25, 0.3) is 0 Å². The number of benzene rings is 1. The van der Waals surface area contributed by atoms with E-state index < -0.39 is 18.2 Å². The molecule has 2 aliphatic rings. The molecule has 2 atom stereocenters. The number of anilines is 1. The first kappa shape index (κ1) is 24.8. The molecule has 2 aliphatic heterocycles. The van der Waals surface area contributed by atoms with Gasteiger partial charge in [0.2, 0.25) is 11.8 Å². The standard InChI is InChI=1S/C19H24N4O6.CH2O2/c1-29-9-7-16(25)20-14-10-22(8-6-15(14)24)18(27)12-2-4-13(5-3-12)23-11-17(26)21-19(23)28;2-1-3/h2-5,14-15,24H,6-11H2,1H3,(H,20,25)(H,21,26,28);1H,(H,2,3)/t14-,15+;/m1./s1. The number of likely N-dealkylation sites (tertiary alicyclic amines) is 1. The van der Waals surface area contributed by atoms with Crippen molar-refractivity contribution in [2.75, 3.05) is 38.3 Å². The molecule has 12 nitrogen and oxygen atoms in total. The van der Waals surface area contributed by atoms with Gasteiger partial charge in [0, 0.05) is 37.9 Å². The highest BCUT2D eigenvalue weighted by atomic mass is 16.5. The van der Waals surface area contributed by atoms with Crippen LogP contribution in [-0.2, 0) is 19.1 Å². The van der Waals surface area contributed by atoms with Gasteiger partial charge in [-0.3, -0.25) is 29.4 Å². The van der Waals surface area contributed by atoms with Crippen molar-refractivity contribution in [3.05, 3.63) is 29.8 Å². The summed E-state index contributed by atoms with van der Waals surface area (Å²) in [6.45, 7) is 0.545.